The Morgan fingerprint density at radius 1 is 1.50 bits per heavy atom. The van der Waals surface area contributed by atoms with E-state index in [0.717, 1.165) is 0 Å². The van der Waals surface area contributed by atoms with E-state index < -0.39 is 5.97 Å². The highest BCUT2D eigenvalue weighted by molar-refractivity contribution is 5.84. The van der Waals surface area contributed by atoms with E-state index in [9.17, 15) is 4.79 Å². The molecule has 0 saturated heterocycles. The van der Waals surface area contributed by atoms with Gasteiger partial charge < -0.3 is 10.5 Å². The molecule has 0 amide bonds. The van der Waals surface area contributed by atoms with Crippen molar-refractivity contribution in [2.24, 2.45) is 0 Å². The molecule has 2 aromatic heterocycles. The zero-order chi connectivity index (χ0) is 11.5. The van der Waals surface area contributed by atoms with Crippen LogP contribution in [0, 0.1) is 0 Å². The highest BCUT2D eigenvalue weighted by Crippen LogP contribution is 2.11. The number of nitrogen functional groups attached to an aromatic ring is 1. The lowest BCUT2D eigenvalue weighted by molar-refractivity contribution is 0.0587. The van der Waals surface area contributed by atoms with Gasteiger partial charge in [-0.2, -0.15) is 4.68 Å². The summed E-state index contributed by atoms with van der Waals surface area (Å²) in [7, 11) is 1.26. The molecule has 0 bridgehead atoms. The first-order valence-electron chi connectivity index (χ1n) is 4.43. The summed E-state index contributed by atoms with van der Waals surface area (Å²) < 4.78 is 5.81. The smallest absolute Gasteiger partial charge is 0.377 e. The van der Waals surface area contributed by atoms with E-state index in [2.05, 4.69) is 19.8 Å². The topological polar surface area (TPSA) is 95.9 Å². The van der Waals surface area contributed by atoms with Crippen molar-refractivity contribution >= 4 is 11.7 Å². The summed E-state index contributed by atoms with van der Waals surface area (Å²) >= 11 is 0. The summed E-state index contributed by atoms with van der Waals surface area (Å²) in [4.78, 5) is 18.9. The van der Waals surface area contributed by atoms with Gasteiger partial charge in [0.05, 0.1) is 12.8 Å². The van der Waals surface area contributed by atoms with Gasteiger partial charge in [0.15, 0.2) is 5.82 Å². The van der Waals surface area contributed by atoms with Gasteiger partial charge in [0, 0.05) is 6.20 Å². The molecule has 0 fully saturated rings. The maximum Gasteiger partial charge on any atom is 0.377 e. The van der Waals surface area contributed by atoms with Crippen molar-refractivity contribution in [3.8, 4) is 5.82 Å². The molecule has 0 atom stereocenters. The predicted octanol–water partition coefficient (Wildman–Crippen LogP) is 0.0311. The van der Waals surface area contributed by atoms with E-state index in [1.807, 2.05) is 0 Å². The molecule has 0 aliphatic carbocycles. The molecule has 2 N–H and O–H groups in total. The molecule has 2 aromatic rings. The molecule has 0 unspecified atom stereocenters. The SMILES string of the molecule is COC(=O)c1ncn(-c2ncccc2N)n1. The Morgan fingerprint density at radius 3 is 3.00 bits per heavy atom. The van der Waals surface area contributed by atoms with Crippen LogP contribution in [0.15, 0.2) is 24.7 Å². The summed E-state index contributed by atoms with van der Waals surface area (Å²) in [6.45, 7) is 0. The van der Waals surface area contributed by atoms with Gasteiger partial charge in [0.2, 0.25) is 0 Å². The number of hydrogen-bond donors (Lipinski definition) is 1. The molecular weight excluding hydrogens is 210 g/mol. The Balaban J connectivity index is 2.39. The molecule has 0 aliphatic rings. The van der Waals surface area contributed by atoms with Crippen molar-refractivity contribution in [1.82, 2.24) is 19.7 Å². The van der Waals surface area contributed by atoms with Crippen molar-refractivity contribution < 1.29 is 9.53 Å². The third-order valence-electron chi connectivity index (χ3n) is 1.89. The Labute approximate surface area is 90.9 Å². The van der Waals surface area contributed by atoms with E-state index in [1.54, 1.807) is 18.3 Å². The number of anilines is 1. The largest absolute Gasteiger partial charge is 0.463 e. The van der Waals surface area contributed by atoms with E-state index in [-0.39, 0.29) is 5.82 Å². The quantitative estimate of drug-likeness (QED) is 0.716. The number of ether oxygens (including phenoxy) is 1. The van der Waals surface area contributed by atoms with Gasteiger partial charge in [-0.3, -0.25) is 0 Å². The van der Waals surface area contributed by atoms with Gasteiger partial charge in [0.1, 0.15) is 6.33 Å². The van der Waals surface area contributed by atoms with Gasteiger partial charge >= 0.3 is 5.97 Å². The Morgan fingerprint density at radius 2 is 2.31 bits per heavy atom. The summed E-state index contributed by atoms with van der Waals surface area (Å²) in [5.41, 5.74) is 6.15. The lowest BCUT2D eigenvalue weighted by Gasteiger charge is -2.01. The third-order valence-corrected chi connectivity index (χ3v) is 1.89. The number of aromatic nitrogens is 4. The first kappa shape index (κ1) is 10.1. The van der Waals surface area contributed by atoms with Gasteiger partial charge in [-0.05, 0) is 12.1 Å². The van der Waals surface area contributed by atoms with Crippen LogP contribution < -0.4 is 5.73 Å². The van der Waals surface area contributed by atoms with Crippen LogP contribution in [0.4, 0.5) is 5.69 Å². The molecule has 0 radical (unpaired) electrons. The molecule has 0 saturated carbocycles. The minimum Gasteiger partial charge on any atom is -0.463 e. The minimum atomic E-state index is -0.603. The lowest BCUT2D eigenvalue weighted by Crippen LogP contribution is -2.07. The number of esters is 1. The van der Waals surface area contributed by atoms with Crippen LogP contribution >= 0.6 is 0 Å². The molecule has 16 heavy (non-hydrogen) atoms. The zero-order valence-corrected chi connectivity index (χ0v) is 8.49. The summed E-state index contributed by atoms with van der Waals surface area (Å²) in [5.74, 6) is -0.217. The van der Waals surface area contributed by atoms with Crippen LogP contribution in [-0.2, 0) is 4.74 Å². The molecule has 82 valence electrons. The first-order valence-corrected chi connectivity index (χ1v) is 4.43. The summed E-state index contributed by atoms with van der Waals surface area (Å²) in [6, 6.07) is 3.39. The standard InChI is InChI=1S/C9H9N5O2/c1-16-9(15)7-12-5-14(13-7)8-6(10)3-2-4-11-8/h2-5H,10H2,1H3. The zero-order valence-electron chi connectivity index (χ0n) is 8.49. The van der Waals surface area contributed by atoms with E-state index in [0.29, 0.717) is 11.5 Å². The Kier molecular flexibility index (Phi) is 2.50. The number of nitrogens with zero attached hydrogens (tertiary/aromatic N) is 4. The number of hydrogen-bond acceptors (Lipinski definition) is 6. The molecule has 2 rings (SSSR count). The van der Waals surface area contributed by atoms with Crippen molar-refractivity contribution in [3.05, 3.63) is 30.5 Å². The summed E-state index contributed by atoms with van der Waals surface area (Å²) in [5, 5.41) is 3.90. The molecule has 0 aromatic carbocycles. The number of pyridine rings is 1. The van der Waals surface area contributed by atoms with Gasteiger partial charge in [-0.1, -0.05) is 0 Å². The number of carbonyl (C=O) groups excluding carboxylic acids is 1. The normalized spacial score (nSPS) is 10.1. The van der Waals surface area contributed by atoms with Gasteiger partial charge in [0.25, 0.3) is 5.82 Å². The van der Waals surface area contributed by atoms with E-state index in [4.69, 9.17) is 5.73 Å². The van der Waals surface area contributed by atoms with Crippen LogP contribution in [0.5, 0.6) is 0 Å². The molecule has 7 nitrogen and oxygen atoms in total. The molecular formula is C9H9N5O2. The summed E-state index contributed by atoms with van der Waals surface area (Å²) in [6.07, 6.45) is 2.93. The van der Waals surface area contributed by atoms with Crippen LogP contribution in [0.3, 0.4) is 0 Å². The Bertz CT molecular complexity index is 522. The van der Waals surface area contributed by atoms with Crippen LogP contribution in [0.1, 0.15) is 10.6 Å². The fourth-order valence-electron chi connectivity index (χ4n) is 1.15. The number of carbonyl (C=O) groups is 1. The van der Waals surface area contributed by atoms with Crippen molar-refractivity contribution in [1.29, 1.82) is 0 Å². The minimum absolute atomic E-state index is 0.0347. The lowest BCUT2D eigenvalue weighted by atomic mass is 10.4. The molecule has 0 aliphatic heterocycles. The van der Waals surface area contributed by atoms with Crippen molar-refractivity contribution in [3.63, 3.8) is 0 Å². The first-order chi connectivity index (χ1) is 7.72. The van der Waals surface area contributed by atoms with Gasteiger partial charge in [-0.25, -0.2) is 14.8 Å². The highest BCUT2D eigenvalue weighted by atomic mass is 16.5. The van der Waals surface area contributed by atoms with Crippen LogP contribution in [0.2, 0.25) is 0 Å². The van der Waals surface area contributed by atoms with Gasteiger partial charge in [-0.15, -0.1) is 5.10 Å². The monoisotopic (exact) mass is 219 g/mol. The predicted molar refractivity (Wildman–Crippen MR) is 54.9 cm³/mol. The number of nitrogens with two attached hydrogens (primary N) is 1. The van der Waals surface area contributed by atoms with E-state index >= 15 is 0 Å². The van der Waals surface area contributed by atoms with Crippen molar-refractivity contribution in [2.75, 3.05) is 12.8 Å². The fraction of sp³-hybridized carbons (Fsp3) is 0.111. The van der Waals surface area contributed by atoms with Crippen LogP contribution in [-0.4, -0.2) is 32.8 Å². The molecule has 2 heterocycles. The highest BCUT2D eigenvalue weighted by Gasteiger charge is 2.13. The van der Waals surface area contributed by atoms with Crippen LogP contribution in [0.25, 0.3) is 5.82 Å². The Hall–Kier alpha value is -2.44. The maximum absolute atomic E-state index is 11.1. The third kappa shape index (κ3) is 1.70. The second-order valence-corrected chi connectivity index (χ2v) is 2.92. The second-order valence-electron chi connectivity index (χ2n) is 2.92. The average Bonchev–Trinajstić information content (AvgIpc) is 2.78. The number of rotatable bonds is 2. The van der Waals surface area contributed by atoms with Crippen molar-refractivity contribution in [2.45, 2.75) is 0 Å². The molecule has 7 heteroatoms. The fourth-order valence-corrected chi connectivity index (χ4v) is 1.15. The second kappa shape index (κ2) is 3.97. The molecule has 0 spiro atoms. The van der Waals surface area contributed by atoms with E-state index in [1.165, 1.54) is 18.1 Å². The maximum atomic E-state index is 11.1. The average molecular weight is 219 g/mol. The number of methoxy groups -OCH3 is 1.